The van der Waals surface area contributed by atoms with E-state index in [9.17, 15) is 0 Å². The van der Waals surface area contributed by atoms with Crippen LogP contribution in [0.15, 0.2) is 0 Å². The molecule has 2 saturated carbocycles. The second-order valence-corrected chi connectivity index (χ2v) is 8.24. The maximum absolute atomic E-state index is 2.80. The van der Waals surface area contributed by atoms with Gasteiger partial charge in [-0.15, -0.1) is 0 Å². The van der Waals surface area contributed by atoms with Gasteiger partial charge in [-0.3, -0.25) is 0 Å². The first-order chi connectivity index (χ1) is 9.77. The Morgan fingerprint density at radius 3 is 2.25 bits per heavy atom. The summed E-state index contributed by atoms with van der Waals surface area (Å²) in [5, 5.41) is 0. The second-order valence-electron chi connectivity index (χ2n) is 8.24. The molecule has 0 aromatic rings. The highest BCUT2D eigenvalue weighted by Gasteiger charge is 2.57. The molecule has 0 aromatic heterocycles. The van der Waals surface area contributed by atoms with Crippen LogP contribution in [0.25, 0.3) is 0 Å². The monoisotopic (exact) mass is 276 g/mol. The molecule has 4 rings (SSSR count). The first kappa shape index (κ1) is 13.6. The van der Waals surface area contributed by atoms with E-state index in [2.05, 4.69) is 16.7 Å². The van der Waals surface area contributed by atoms with E-state index < -0.39 is 0 Å². The third-order valence-corrected chi connectivity index (χ3v) is 7.22. The molecule has 4 aliphatic rings. The number of piperidine rings is 1. The van der Waals surface area contributed by atoms with Crippen LogP contribution in [0.3, 0.4) is 0 Å². The number of rotatable bonds is 4. The summed E-state index contributed by atoms with van der Waals surface area (Å²) in [7, 11) is 0. The van der Waals surface area contributed by atoms with E-state index in [4.69, 9.17) is 0 Å². The van der Waals surface area contributed by atoms with Crippen molar-refractivity contribution in [3.8, 4) is 0 Å². The highest BCUT2D eigenvalue weighted by Crippen LogP contribution is 2.65. The summed E-state index contributed by atoms with van der Waals surface area (Å²) in [5.74, 6) is 2.06. The van der Waals surface area contributed by atoms with Crippen molar-refractivity contribution in [3.63, 3.8) is 0 Å². The molecule has 2 heteroatoms. The Morgan fingerprint density at radius 2 is 1.70 bits per heavy atom. The van der Waals surface area contributed by atoms with E-state index in [1.54, 1.807) is 19.3 Å². The molecule has 4 fully saturated rings. The van der Waals surface area contributed by atoms with E-state index in [1.807, 2.05) is 0 Å². The fourth-order valence-electron chi connectivity index (χ4n) is 5.31. The molecule has 2 nitrogen and oxygen atoms in total. The third-order valence-electron chi connectivity index (χ3n) is 7.22. The van der Waals surface area contributed by atoms with Crippen LogP contribution in [0.2, 0.25) is 0 Å². The van der Waals surface area contributed by atoms with Gasteiger partial charge in [0.25, 0.3) is 0 Å². The van der Waals surface area contributed by atoms with Crippen LogP contribution in [-0.2, 0) is 0 Å². The molecule has 0 amide bonds. The summed E-state index contributed by atoms with van der Waals surface area (Å²) in [6.45, 7) is 9.43. The van der Waals surface area contributed by atoms with Crippen molar-refractivity contribution in [2.24, 2.45) is 17.3 Å². The fraction of sp³-hybridized carbons (Fsp3) is 1.00. The molecule has 2 heterocycles. The fourth-order valence-corrected chi connectivity index (χ4v) is 5.31. The van der Waals surface area contributed by atoms with Crippen LogP contribution in [0.1, 0.15) is 58.3 Å². The minimum Gasteiger partial charge on any atom is -0.303 e. The number of hydrogen-bond donors (Lipinski definition) is 0. The molecule has 2 saturated heterocycles. The molecular weight excluding hydrogens is 244 g/mol. The molecule has 1 spiro atoms. The Balaban J connectivity index is 1.22. The summed E-state index contributed by atoms with van der Waals surface area (Å²) >= 11 is 0. The molecule has 0 radical (unpaired) electrons. The molecule has 2 unspecified atom stereocenters. The second kappa shape index (κ2) is 5.28. The lowest BCUT2D eigenvalue weighted by atomic mass is 9.79. The molecule has 2 atom stereocenters. The van der Waals surface area contributed by atoms with Crippen LogP contribution in [-0.4, -0.2) is 48.6 Å². The first-order valence-electron chi connectivity index (χ1n) is 9.23. The van der Waals surface area contributed by atoms with Crippen molar-refractivity contribution in [1.29, 1.82) is 0 Å². The highest BCUT2D eigenvalue weighted by atomic mass is 15.2. The molecule has 2 aliphatic carbocycles. The van der Waals surface area contributed by atoms with Crippen molar-refractivity contribution < 1.29 is 0 Å². The number of hydrogen-bond acceptors (Lipinski definition) is 2. The van der Waals surface area contributed by atoms with Crippen LogP contribution < -0.4 is 0 Å². The topological polar surface area (TPSA) is 6.48 Å². The molecule has 20 heavy (non-hydrogen) atoms. The minimum atomic E-state index is 0.846. The summed E-state index contributed by atoms with van der Waals surface area (Å²) in [6, 6.07) is 0.846. The first-order valence-corrected chi connectivity index (χ1v) is 9.23. The van der Waals surface area contributed by atoms with Gasteiger partial charge >= 0.3 is 0 Å². The standard InChI is InChI=1S/C18H32N2/c1-15(20-9-2-3-10-20)16-5-11-19(12-6-16)14-17-13-18(17)7-4-8-18/h15-17H,2-14H2,1H3. The van der Waals surface area contributed by atoms with Gasteiger partial charge in [-0.25, -0.2) is 0 Å². The molecule has 0 N–H and O–H groups in total. The summed E-state index contributed by atoms with van der Waals surface area (Å²) in [4.78, 5) is 5.55. The Bertz CT molecular complexity index is 335. The lowest BCUT2D eigenvalue weighted by Gasteiger charge is -2.39. The molecule has 0 bridgehead atoms. The largest absolute Gasteiger partial charge is 0.303 e. The lowest BCUT2D eigenvalue weighted by molar-refractivity contribution is 0.102. The van der Waals surface area contributed by atoms with Crippen LogP contribution in [0, 0.1) is 17.3 Å². The summed E-state index contributed by atoms with van der Waals surface area (Å²) in [5.41, 5.74) is 0.875. The van der Waals surface area contributed by atoms with Gasteiger partial charge in [0.2, 0.25) is 0 Å². The maximum atomic E-state index is 2.80. The summed E-state index contributed by atoms with van der Waals surface area (Å²) in [6.07, 6.45) is 12.0. The molecule has 0 aromatic carbocycles. The smallest absolute Gasteiger partial charge is 0.00961 e. The normalized spacial score (nSPS) is 36.1. The van der Waals surface area contributed by atoms with Gasteiger partial charge in [-0.2, -0.15) is 0 Å². The predicted molar refractivity (Wildman–Crippen MR) is 83.8 cm³/mol. The Labute approximate surface area is 124 Å². The van der Waals surface area contributed by atoms with Gasteiger partial charge in [-0.1, -0.05) is 6.42 Å². The van der Waals surface area contributed by atoms with Crippen LogP contribution in [0.4, 0.5) is 0 Å². The van der Waals surface area contributed by atoms with Crippen molar-refractivity contribution >= 4 is 0 Å². The van der Waals surface area contributed by atoms with E-state index in [1.165, 1.54) is 64.8 Å². The van der Waals surface area contributed by atoms with Gasteiger partial charge in [-0.05, 0) is 95.3 Å². The van der Waals surface area contributed by atoms with Gasteiger partial charge in [0.05, 0.1) is 0 Å². The van der Waals surface area contributed by atoms with E-state index in [0.717, 1.165) is 23.3 Å². The molecule has 114 valence electrons. The van der Waals surface area contributed by atoms with E-state index in [-0.39, 0.29) is 0 Å². The number of nitrogens with zero attached hydrogens (tertiary/aromatic N) is 2. The maximum Gasteiger partial charge on any atom is 0.00961 e. The Hall–Kier alpha value is -0.0800. The van der Waals surface area contributed by atoms with Crippen LogP contribution in [0.5, 0.6) is 0 Å². The van der Waals surface area contributed by atoms with Crippen molar-refractivity contribution in [2.45, 2.75) is 64.3 Å². The zero-order chi connectivity index (χ0) is 13.6. The van der Waals surface area contributed by atoms with Gasteiger partial charge in [0.15, 0.2) is 0 Å². The minimum absolute atomic E-state index is 0.846. The Morgan fingerprint density at radius 1 is 1.00 bits per heavy atom. The quantitative estimate of drug-likeness (QED) is 0.777. The zero-order valence-electron chi connectivity index (χ0n) is 13.3. The van der Waals surface area contributed by atoms with Crippen molar-refractivity contribution in [2.75, 3.05) is 32.7 Å². The van der Waals surface area contributed by atoms with E-state index >= 15 is 0 Å². The van der Waals surface area contributed by atoms with E-state index in [0.29, 0.717) is 0 Å². The highest BCUT2D eigenvalue weighted by molar-refractivity contribution is 5.08. The van der Waals surface area contributed by atoms with Crippen molar-refractivity contribution in [3.05, 3.63) is 0 Å². The molecular formula is C18H32N2. The van der Waals surface area contributed by atoms with Gasteiger partial charge < -0.3 is 9.80 Å². The predicted octanol–water partition coefficient (Wildman–Crippen LogP) is 3.37. The molecule has 2 aliphatic heterocycles. The summed E-state index contributed by atoms with van der Waals surface area (Å²) < 4.78 is 0. The lowest BCUT2D eigenvalue weighted by Crippen LogP contribution is -2.43. The average molecular weight is 276 g/mol. The van der Waals surface area contributed by atoms with Crippen molar-refractivity contribution in [1.82, 2.24) is 9.80 Å². The van der Waals surface area contributed by atoms with Gasteiger partial charge in [0, 0.05) is 12.6 Å². The zero-order valence-corrected chi connectivity index (χ0v) is 13.3. The SMILES string of the molecule is CC(C1CCN(CC2CC23CCC3)CC1)N1CCCC1. The number of likely N-dealkylation sites (tertiary alicyclic amines) is 2. The third kappa shape index (κ3) is 2.43. The average Bonchev–Trinajstić information content (AvgIpc) is 2.92. The Kier molecular flexibility index (Phi) is 3.58. The van der Waals surface area contributed by atoms with Crippen LogP contribution >= 0.6 is 0 Å². The van der Waals surface area contributed by atoms with Gasteiger partial charge in [0.1, 0.15) is 0 Å².